The number of carbonyl (C=O) groups is 2. The first-order chi connectivity index (χ1) is 7.76. The van der Waals surface area contributed by atoms with Gasteiger partial charge in [0.1, 0.15) is 6.61 Å². The van der Waals surface area contributed by atoms with Gasteiger partial charge in [0.15, 0.2) is 0 Å². The molecule has 0 aliphatic rings. The van der Waals surface area contributed by atoms with Gasteiger partial charge in [-0.3, -0.25) is 9.59 Å². The molecule has 0 radical (unpaired) electrons. The van der Waals surface area contributed by atoms with E-state index in [0.717, 1.165) is 11.1 Å². The summed E-state index contributed by atoms with van der Waals surface area (Å²) in [7, 11) is 0. The van der Waals surface area contributed by atoms with Crippen molar-refractivity contribution in [2.45, 2.75) is 20.0 Å². The smallest absolute Gasteiger partial charge is 0.310 e. The standard InChI is InChI=1S/C12H14O4/c1-2-16-12(14)7-10-4-3-5-11(6-10)8-15-9-13/h3-6,9H,2,7-8H2,1H3. The van der Waals surface area contributed by atoms with E-state index in [1.54, 1.807) is 6.92 Å². The number of rotatable bonds is 6. The highest BCUT2D eigenvalue weighted by molar-refractivity contribution is 5.72. The molecule has 0 bridgehead atoms. The zero-order valence-electron chi connectivity index (χ0n) is 9.14. The molecule has 4 heteroatoms. The highest BCUT2D eigenvalue weighted by atomic mass is 16.5. The summed E-state index contributed by atoms with van der Waals surface area (Å²) in [6.07, 6.45) is 0.239. The Labute approximate surface area is 94.2 Å². The molecule has 0 saturated heterocycles. The molecular weight excluding hydrogens is 208 g/mol. The van der Waals surface area contributed by atoms with Gasteiger partial charge in [0.2, 0.25) is 0 Å². The van der Waals surface area contributed by atoms with Crippen LogP contribution in [0.3, 0.4) is 0 Å². The van der Waals surface area contributed by atoms with E-state index in [0.29, 0.717) is 13.1 Å². The molecule has 4 nitrogen and oxygen atoms in total. The van der Waals surface area contributed by atoms with Crippen LogP contribution in [0, 0.1) is 0 Å². The molecular formula is C12H14O4. The molecule has 0 fully saturated rings. The molecule has 0 aliphatic carbocycles. The minimum atomic E-state index is -0.254. The Morgan fingerprint density at radius 2 is 2.12 bits per heavy atom. The highest BCUT2D eigenvalue weighted by Gasteiger charge is 2.04. The maximum absolute atomic E-state index is 11.2. The molecule has 0 atom stereocenters. The Morgan fingerprint density at radius 3 is 2.81 bits per heavy atom. The fourth-order valence-corrected chi connectivity index (χ4v) is 1.34. The van der Waals surface area contributed by atoms with E-state index in [-0.39, 0.29) is 19.0 Å². The summed E-state index contributed by atoms with van der Waals surface area (Å²) in [6, 6.07) is 7.30. The lowest BCUT2D eigenvalue weighted by molar-refractivity contribution is -0.142. The summed E-state index contributed by atoms with van der Waals surface area (Å²) in [4.78, 5) is 21.3. The molecule has 0 aliphatic heterocycles. The summed E-state index contributed by atoms with van der Waals surface area (Å²) in [6.45, 7) is 2.78. The van der Waals surface area contributed by atoms with E-state index >= 15 is 0 Å². The van der Waals surface area contributed by atoms with Gasteiger partial charge in [-0.05, 0) is 18.1 Å². The lowest BCUT2D eigenvalue weighted by atomic mass is 10.1. The van der Waals surface area contributed by atoms with E-state index in [4.69, 9.17) is 4.74 Å². The van der Waals surface area contributed by atoms with Crippen LogP contribution in [0.4, 0.5) is 0 Å². The largest absolute Gasteiger partial charge is 0.466 e. The Balaban J connectivity index is 2.59. The summed E-state index contributed by atoms with van der Waals surface area (Å²) in [5, 5.41) is 0. The average Bonchev–Trinajstić information content (AvgIpc) is 2.27. The second-order valence-electron chi connectivity index (χ2n) is 3.21. The number of hydrogen-bond donors (Lipinski definition) is 0. The Morgan fingerprint density at radius 1 is 1.38 bits per heavy atom. The van der Waals surface area contributed by atoms with Crippen LogP contribution in [0.5, 0.6) is 0 Å². The topological polar surface area (TPSA) is 52.6 Å². The van der Waals surface area contributed by atoms with E-state index < -0.39 is 0 Å². The highest BCUT2D eigenvalue weighted by Crippen LogP contribution is 2.07. The molecule has 0 N–H and O–H groups in total. The zero-order valence-corrected chi connectivity index (χ0v) is 9.14. The van der Waals surface area contributed by atoms with Crippen molar-refractivity contribution in [3.05, 3.63) is 35.4 Å². The first-order valence-corrected chi connectivity index (χ1v) is 5.05. The maximum Gasteiger partial charge on any atom is 0.310 e. The maximum atomic E-state index is 11.2. The van der Waals surface area contributed by atoms with Crippen LogP contribution in [0.1, 0.15) is 18.1 Å². The zero-order chi connectivity index (χ0) is 11.8. The van der Waals surface area contributed by atoms with Gasteiger partial charge in [-0.15, -0.1) is 0 Å². The van der Waals surface area contributed by atoms with E-state index in [1.165, 1.54) is 0 Å². The fraction of sp³-hybridized carbons (Fsp3) is 0.333. The molecule has 1 rings (SSSR count). The number of ether oxygens (including phenoxy) is 2. The van der Waals surface area contributed by atoms with Gasteiger partial charge in [-0.25, -0.2) is 0 Å². The van der Waals surface area contributed by atoms with Crippen molar-refractivity contribution in [3.8, 4) is 0 Å². The number of benzene rings is 1. The van der Waals surface area contributed by atoms with Gasteiger partial charge >= 0.3 is 5.97 Å². The van der Waals surface area contributed by atoms with Crippen LogP contribution < -0.4 is 0 Å². The van der Waals surface area contributed by atoms with Crippen LogP contribution in [0.25, 0.3) is 0 Å². The van der Waals surface area contributed by atoms with Crippen LogP contribution in [0.2, 0.25) is 0 Å². The predicted octanol–water partition coefficient (Wildman–Crippen LogP) is 1.47. The normalized spacial score (nSPS) is 9.56. The Kier molecular flexibility index (Phi) is 5.05. The molecule has 0 amide bonds. The van der Waals surface area contributed by atoms with Crippen molar-refractivity contribution in [3.63, 3.8) is 0 Å². The van der Waals surface area contributed by atoms with Crippen molar-refractivity contribution < 1.29 is 19.1 Å². The molecule has 16 heavy (non-hydrogen) atoms. The summed E-state index contributed by atoms with van der Waals surface area (Å²) in [5.74, 6) is -0.254. The minimum absolute atomic E-state index is 0.222. The third-order valence-electron chi connectivity index (χ3n) is 1.96. The van der Waals surface area contributed by atoms with E-state index in [2.05, 4.69) is 4.74 Å². The Bertz CT molecular complexity index is 360. The first-order valence-electron chi connectivity index (χ1n) is 5.05. The van der Waals surface area contributed by atoms with Gasteiger partial charge < -0.3 is 9.47 Å². The molecule has 0 spiro atoms. The first kappa shape index (κ1) is 12.2. The number of esters is 1. The third kappa shape index (κ3) is 4.13. The van der Waals surface area contributed by atoms with Crippen molar-refractivity contribution >= 4 is 12.4 Å². The number of carbonyl (C=O) groups excluding carboxylic acids is 2. The van der Waals surface area contributed by atoms with Gasteiger partial charge in [0.05, 0.1) is 13.0 Å². The Hall–Kier alpha value is -1.84. The lowest BCUT2D eigenvalue weighted by Crippen LogP contribution is -2.07. The van der Waals surface area contributed by atoms with E-state index in [9.17, 15) is 9.59 Å². The second-order valence-corrected chi connectivity index (χ2v) is 3.21. The van der Waals surface area contributed by atoms with Crippen LogP contribution >= 0.6 is 0 Å². The average molecular weight is 222 g/mol. The second kappa shape index (κ2) is 6.61. The minimum Gasteiger partial charge on any atom is -0.466 e. The molecule has 0 heterocycles. The molecule has 0 aromatic heterocycles. The SMILES string of the molecule is CCOC(=O)Cc1cccc(COC=O)c1. The molecule has 0 unspecified atom stereocenters. The fourth-order valence-electron chi connectivity index (χ4n) is 1.34. The molecule has 0 saturated carbocycles. The van der Waals surface area contributed by atoms with Crippen molar-refractivity contribution in [2.24, 2.45) is 0 Å². The van der Waals surface area contributed by atoms with Gasteiger partial charge in [-0.1, -0.05) is 24.3 Å². The lowest BCUT2D eigenvalue weighted by Gasteiger charge is -2.04. The van der Waals surface area contributed by atoms with Gasteiger partial charge in [0, 0.05) is 0 Å². The molecule has 86 valence electrons. The number of hydrogen-bond acceptors (Lipinski definition) is 4. The third-order valence-corrected chi connectivity index (χ3v) is 1.96. The van der Waals surface area contributed by atoms with Crippen molar-refractivity contribution in [2.75, 3.05) is 6.61 Å². The van der Waals surface area contributed by atoms with E-state index in [1.807, 2.05) is 24.3 Å². The quantitative estimate of drug-likeness (QED) is 0.540. The van der Waals surface area contributed by atoms with Crippen LogP contribution in [-0.2, 0) is 32.1 Å². The predicted molar refractivity (Wildman–Crippen MR) is 57.6 cm³/mol. The summed E-state index contributed by atoms with van der Waals surface area (Å²) in [5.41, 5.74) is 1.71. The van der Waals surface area contributed by atoms with Crippen LogP contribution in [-0.4, -0.2) is 19.0 Å². The van der Waals surface area contributed by atoms with Gasteiger partial charge in [-0.2, -0.15) is 0 Å². The van der Waals surface area contributed by atoms with Gasteiger partial charge in [0.25, 0.3) is 6.47 Å². The van der Waals surface area contributed by atoms with Crippen molar-refractivity contribution in [1.82, 2.24) is 0 Å². The molecule has 1 aromatic rings. The summed E-state index contributed by atoms with van der Waals surface area (Å²) >= 11 is 0. The van der Waals surface area contributed by atoms with Crippen molar-refractivity contribution in [1.29, 1.82) is 0 Å². The summed E-state index contributed by atoms with van der Waals surface area (Å²) < 4.78 is 9.47. The molecule has 1 aromatic carbocycles. The monoisotopic (exact) mass is 222 g/mol. The van der Waals surface area contributed by atoms with Crippen LogP contribution in [0.15, 0.2) is 24.3 Å².